The zero-order valence-corrected chi connectivity index (χ0v) is 28.2. The highest BCUT2D eigenvalue weighted by Crippen LogP contribution is 2.30. The molecule has 0 aliphatic heterocycles. The summed E-state index contributed by atoms with van der Waals surface area (Å²) in [5.74, 6) is 2.66. The second-order valence-electron chi connectivity index (χ2n) is 12.4. The van der Waals surface area contributed by atoms with Crippen molar-refractivity contribution >= 4 is 27.3 Å². The number of Topliss-reactive ketones (excluding diaryl/α,β-unsaturated/α-hetero) is 1. The van der Waals surface area contributed by atoms with Crippen molar-refractivity contribution in [3.05, 3.63) is 64.7 Å². The van der Waals surface area contributed by atoms with Crippen molar-refractivity contribution in [3.63, 3.8) is 0 Å². The number of aliphatic hydroxyl groups is 1. The third-order valence-corrected chi connectivity index (χ3v) is 8.34. The molecule has 2 aliphatic rings. The van der Waals surface area contributed by atoms with Crippen molar-refractivity contribution in [2.24, 2.45) is 17.8 Å². The minimum absolute atomic E-state index is 0. The number of hydrogen-bond donors (Lipinski definition) is 1. The molecule has 5 rings (SSSR count). The Morgan fingerprint density at radius 2 is 1.38 bits per heavy atom. The number of aryl methyl sites for hydroxylation is 2. The summed E-state index contributed by atoms with van der Waals surface area (Å²) in [5, 5.41) is 10.3. The summed E-state index contributed by atoms with van der Waals surface area (Å²) in [6.45, 7) is 17.1. The lowest BCUT2D eigenvalue weighted by Gasteiger charge is -2.27. The molecule has 3 nitrogen and oxygen atoms in total. The smallest absolute Gasteiger partial charge is 0.169 e. The predicted molar refractivity (Wildman–Crippen MR) is 188 cm³/mol. The fourth-order valence-electron chi connectivity index (χ4n) is 4.77. The highest BCUT2D eigenvalue weighted by molar-refractivity contribution is 7.20. The van der Waals surface area contributed by atoms with Crippen LogP contribution in [0.2, 0.25) is 0 Å². The van der Waals surface area contributed by atoms with E-state index in [2.05, 4.69) is 59.5 Å². The molecular formula is C38H63NO2S. The first-order chi connectivity index (χ1) is 19.6. The summed E-state index contributed by atoms with van der Waals surface area (Å²) in [6.07, 6.45) is 13.4. The lowest BCUT2D eigenvalue weighted by molar-refractivity contribution is 0.0963. The third-order valence-electron chi connectivity index (χ3n) is 7.19. The number of hydrogen-bond acceptors (Lipinski definition) is 4. The molecule has 0 spiro atoms. The van der Waals surface area contributed by atoms with Gasteiger partial charge in [-0.1, -0.05) is 112 Å². The van der Waals surface area contributed by atoms with Gasteiger partial charge in [0.1, 0.15) is 4.83 Å². The molecule has 0 amide bonds. The van der Waals surface area contributed by atoms with Crippen LogP contribution in [-0.2, 0) is 12.8 Å². The standard InChI is InChI=1S/C13H13NOS.C9H18O.C6H6.C5H12.C4H10.CH4/c1-8(15)12-7-10-6-9-4-2-3-5-11(9)14-13(10)16-12;1-7(2)8-3-5-9(10)6-4-8;1-2-4-6-5-3-1;1-3-5-4-2;1-4(2)3;/h6-7H,2-5H2,1H3;7-10H,3-6H2,1-2H3;1-6H;3-5H2,1-2H3;4H,1-3H3;1H4. The van der Waals surface area contributed by atoms with Crippen LogP contribution in [0.1, 0.15) is 142 Å². The maximum atomic E-state index is 11.3. The lowest BCUT2D eigenvalue weighted by atomic mass is 9.81. The van der Waals surface area contributed by atoms with E-state index in [1.54, 1.807) is 6.92 Å². The molecule has 1 saturated carbocycles. The highest BCUT2D eigenvalue weighted by atomic mass is 32.1. The number of pyridine rings is 1. The molecule has 2 heterocycles. The number of ketones is 1. The average molecular weight is 598 g/mol. The number of rotatable bonds is 4. The van der Waals surface area contributed by atoms with Crippen molar-refractivity contribution in [2.45, 2.75) is 140 Å². The quantitative estimate of drug-likeness (QED) is 0.304. The summed E-state index contributed by atoms with van der Waals surface area (Å²) in [5.41, 5.74) is 2.63. The molecule has 3 aromatic rings. The molecule has 0 unspecified atom stereocenters. The van der Waals surface area contributed by atoms with Gasteiger partial charge in [-0.2, -0.15) is 0 Å². The minimum Gasteiger partial charge on any atom is -0.393 e. The van der Waals surface area contributed by atoms with Gasteiger partial charge in [0.25, 0.3) is 0 Å². The van der Waals surface area contributed by atoms with Crippen LogP contribution in [0.25, 0.3) is 10.2 Å². The molecule has 2 aliphatic carbocycles. The number of thiophene rings is 1. The number of fused-ring (bicyclic) bond motifs is 2. The number of carbonyl (C=O) groups is 1. The zero-order chi connectivity index (χ0) is 30.6. The van der Waals surface area contributed by atoms with Crippen LogP contribution in [0.3, 0.4) is 0 Å². The summed E-state index contributed by atoms with van der Waals surface area (Å²) in [4.78, 5) is 17.8. The lowest BCUT2D eigenvalue weighted by Crippen LogP contribution is -2.21. The van der Waals surface area contributed by atoms with Crippen LogP contribution in [-0.4, -0.2) is 22.0 Å². The van der Waals surface area contributed by atoms with E-state index in [1.165, 1.54) is 67.5 Å². The Labute approximate surface area is 263 Å². The van der Waals surface area contributed by atoms with Gasteiger partial charge in [-0.25, -0.2) is 4.98 Å². The van der Waals surface area contributed by atoms with Crippen molar-refractivity contribution in [3.8, 4) is 0 Å². The summed E-state index contributed by atoms with van der Waals surface area (Å²) in [6, 6.07) is 16.2. The highest BCUT2D eigenvalue weighted by Gasteiger charge is 2.21. The molecule has 1 N–H and O–H groups in total. The van der Waals surface area contributed by atoms with Gasteiger partial charge >= 0.3 is 0 Å². The van der Waals surface area contributed by atoms with Crippen molar-refractivity contribution < 1.29 is 9.90 Å². The molecule has 238 valence electrons. The van der Waals surface area contributed by atoms with E-state index in [9.17, 15) is 9.90 Å². The van der Waals surface area contributed by atoms with Crippen LogP contribution < -0.4 is 0 Å². The molecule has 4 heteroatoms. The third kappa shape index (κ3) is 17.2. The van der Waals surface area contributed by atoms with E-state index in [1.807, 2.05) is 42.5 Å². The Morgan fingerprint density at radius 3 is 1.81 bits per heavy atom. The van der Waals surface area contributed by atoms with Crippen LogP contribution in [0.15, 0.2) is 48.5 Å². The molecule has 42 heavy (non-hydrogen) atoms. The molecular weight excluding hydrogens is 534 g/mol. The van der Waals surface area contributed by atoms with E-state index in [0.717, 1.165) is 58.5 Å². The van der Waals surface area contributed by atoms with E-state index >= 15 is 0 Å². The first-order valence-electron chi connectivity index (χ1n) is 16.2. The molecule has 0 saturated heterocycles. The van der Waals surface area contributed by atoms with E-state index in [0.29, 0.717) is 0 Å². The molecule has 0 radical (unpaired) electrons. The largest absolute Gasteiger partial charge is 0.393 e. The van der Waals surface area contributed by atoms with E-state index in [4.69, 9.17) is 0 Å². The van der Waals surface area contributed by atoms with Gasteiger partial charge in [-0.3, -0.25) is 4.79 Å². The number of unbranched alkanes of at least 4 members (excludes halogenated alkanes) is 2. The van der Waals surface area contributed by atoms with Crippen molar-refractivity contribution in [1.82, 2.24) is 4.98 Å². The number of aromatic nitrogens is 1. The van der Waals surface area contributed by atoms with Gasteiger partial charge in [-0.05, 0) is 93.7 Å². The van der Waals surface area contributed by atoms with Crippen LogP contribution in [0.5, 0.6) is 0 Å². The summed E-state index contributed by atoms with van der Waals surface area (Å²) < 4.78 is 0. The van der Waals surface area contributed by atoms with Crippen LogP contribution >= 0.6 is 11.3 Å². The maximum Gasteiger partial charge on any atom is 0.169 e. The molecule has 0 atom stereocenters. The first kappa shape index (κ1) is 40.0. The minimum atomic E-state index is 0. The van der Waals surface area contributed by atoms with Gasteiger partial charge < -0.3 is 5.11 Å². The van der Waals surface area contributed by atoms with Gasteiger partial charge in [0, 0.05) is 11.1 Å². The predicted octanol–water partition coefficient (Wildman–Crippen LogP) is 11.8. The van der Waals surface area contributed by atoms with Crippen LogP contribution in [0, 0.1) is 17.8 Å². The zero-order valence-electron chi connectivity index (χ0n) is 27.4. The molecule has 2 aromatic heterocycles. The van der Waals surface area contributed by atoms with Gasteiger partial charge in [0.2, 0.25) is 0 Å². The summed E-state index contributed by atoms with van der Waals surface area (Å²) >= 11 is 1.52. The Balaban J connectivity index is 0.000000557. The number of aliphatic hydroxyl groups excluding tert-OH is 1. The van der Waals surface area contributed by atoms with E-state index < -0.39 is 0 Å². The number of carbonyl (C=O) groups excluding carboxylic acids is 1. The molecule has 1 fully saturated rings. The van der Waals surface area contributed by atoms with Gasteiger partial charge in [0.15, 0.2) is 5.78 Å². The van der Waals surface area contributed by atoms with Gasteiger partial charge in [-0.15, -0.1) is 11.3 Å². The Hall–Kier alpha value is -2.04. The summed E-state index contributed by atoms with van der Waals surface area (Å²) in [7, 11) is 0. The fraction of sp³-hybridized carbons (Fsp3) is 0.632. The monoisotopic (exact) mass is 597 g/mol. The number of nitrogens with zero attached hydrogens (tertiary/aromatic N) is 1. The first-order valence-corrected chi connectivity index (χ1v) is 17.0. The topological polar surface area (TPSA) is 50.2 Å². The SMILES string of the molecule is C.CC(=O)c1cc2cc3c(nc2s1)CCCC3.CC(C)C.CC(C)C1CCC(O)CC1.CCCCC.c1ccccc1. The van der Waals surface area contributed by atoms with Crippen molar-refractivity contribution in [2.75, 3.05) is 0 Å². The fourth-order valence-corrected chi connectivity index (χ4v) is 5.70. The molecule has 1 aromatic carbocycles. The Bertz CT molecular complexity index is 991. The Morgan fingerprint density at radius 1 is 0.881 bits per heavy atom. The van der Waals surface area contributed by atoms with E-state index in [-0.39, 0.29) is 19.3 Å². The van der Waals surface area contributed by atoms with Gasteiger partial charge in [0.05, 0.1) is 11.0 Å². The molecule has 0 bridgehead atoms. The maximum absolute atomic E-state index is 11.3. The van der Waals surface area contributed by atoms with Crippen molar-refractivity contribution in [1.29, 1.82) is 0 Å². The number of benzene rings is 1. The normalized spacial score (nSPS) is 17.0. The van der Waals surface area contributed by atoms with Crippen LogP contribution in [0.4, 0.5) is 0 Å². The second-order valence-corrected chi connectivity index (χ2v) is 13.4. The Kier molecular flexibility index (Phi) is 22.3. The average Bonchev–Trinajstić information content (AvgIpc) is 3.38. The second kappa shape index (κ2) is 23.4.